The standard InChI is InChI=1S/C15H15NO3/c17-15(14-6-3-7-18-14)16-9-11-8-12-4-1-2-5-13(12)19-10-11/h1-7,11H,8-10H2,(H,16,17). The molecule has 2 heterocycles. The molecule has 0 saturated heterocycles. The van der Waals surface area contributed by atoms with Gasteiger partial charge in [0.1, 0.15) is 5.75 Å². The van der Waals surface area contributed by atoms with Gasteiger partial charge >= 0.3 is 0 Å². The number of hydrogen-bond acceptors (Lipinski definition) is 3. The third-order valence-electron chi connectivity index (χ3n) is 3.25. The molecule has 98 valence electrons. The molecule has 1 aliphatic rings. The van der Waals surface area contributed by atoms with Crippen LogP contribution in [0.15, 0.2) is 47.1 Å². The van der Waals surface area contributed by atoms with Crippen molar-refractivity contribution in [1.29, 1.82) is 0 Å². The lowest BCUT2D eigenvalue weighted by atomic mass is 9.97. The highest BCUT2D eigenvalue weighted by molar-refractivity contribution is 5.91. The van der Waals surface area contributed by atoms with Crippen LogP contribution < -0.4 is 10.1 Å². The number of amides is 1. The Labute approximate surface area is 111 Å². The van der Waals surface area contributed by atoms with Gasteiger partial charge in [0.05, 0.1) is 12.9 Å². The van der Waals surface area contributed by atoms with E-state index in [2.05, 4.69) is 11.4 Å². The molecular formula is C15H15NO3. The Hall–Kier alpha value is -2.23. The third kappa shape index (κ3) is 2.62. The van der Waals surface area contributed by atoms with Gasteiger partial charge in [-0.3, -0.25) is 4.79 Å². The first-order valence-electron chi connectivity index (χ1n) is 6.35. The van der Waals surface area contributed by atoms with Crippen molar-refractivity contribution in [3.8, 4) is 5.75 Å². The molecule has 1 N–H and O–H groups in total. The highest BCUT2D eigenvalue weighted by Gasteiger charge is 2.20. The number of ether oxygens (including phenoxy) is 1. The van der Waals surface area contributed by atoms with Crippen molar-refractivity contribution in [2.75, 3.05) is 13.2 Å². The van der Waals surface area contributed by atoms with E-state index in [1.165, 1.54) is 11.8 Å². The normalized spacial score (nSPS) is 17.4. The SMILES string of the molecule is O=C(NCC1COc2ccccc2C1)c1ccco1. The first-order valence-corrected chi connectivity index (χ1v) is 6.35. The van der Waals surface area contributed by atoms with Gasteiger partial charge in [-0.25, -0.2) is 0 Å². The van der Waals surface area contributed by atoms with Gasteiger partial charge < -0.3 is 14.5 Å². The van der Waals surface area contributed by atoms with Crippen LogP contribution in [0, 0.1) is 5.92 Å². The number of carbonyl (C=O) groups is 1. The predicted octanol–water partition coefficient (Wildman–Crippen LogP) is 2.26. The molecule has 1 aliphatic heterocycles. The van der Waals surface area contributed by atoms with E-state index in [1.807, 2.05) is 18.2 Å². The van der Waals surface area contributed by atoms with Gasteiger partial charge in [0, 0.05) is 12.5 Å². The van der Waals surface area contributed by atoms with Gasteiger partial charge in [0.15, 0.2) is 5.76 Å². The van der Waals surface area contributed by atoms with Gasteiger partial charge in [-0.15, -0.1) is 0 Å². The number of fused-ring (bicyclic) bond motifs is 1. The van der Waals surface area contributed by atoms with Crippen LogP contribution in [0.25, 0.3) is 0 Å². The Balaban J connectivity index is 1.57. The first-order chi connectivity index (χ1) is 9.33. The Kier molecular flexibility index (Phi) is 3.23. The maximum atomic E-state index is 11.7. The fourth-order valence-corrected chi connectivity index (χ4v) is 2.25. The third-order valence-corrected chi connectivity index (χ3v) is 3.25. The zero-order chi connectivity index (χ0) is 13.1. The van der Waals surface area contributed by atoms with Gasteiger partial charge in [-0.05, 0) is 30.2 Å². The Morgan fingerprint density at radius 3 is 3.00 bits per heavy atom. The summed E-state index contributed by atoms with van der Waals surface area (Å²) in [4.78, 5) is 11.7. The van der Waals surface area contributed by atoms with Crippen LogP contribution in [0.4, 0.5) is 0 Å². The maximum absolute atomic E-state index is 11.7. The summed E-state index contributed by atoms with van der Waals surface area (Å²) < 4.78 is 10.7. The van der Waals surface area contributed by atoms with E-state index in [1.54, 1.807) is 12.1 Å². The number of para-hydroxylation sites is 1. The van der Waals surface area contributed by atoms with E-state index in [4.69, 9.17) is 9.15 Å². The zero-order valence-corrected chi connectivity index (χ0v) is 10.5. The van der Waals surface area contributed by atoms with Crippen molar-refractivity contribution in [1.82, 2.24) is 5.32 Å². The zero-order valence-electron chi connectivity index (χ0n) is 10.5. The number of benzene rings is 1. The van der Waals surface area contributed by atoms with E-state index in [0.29, 0.717) is 24.8 Å². The van der Waals surface area contributed by atoms with Crippen molar-refractivity contribution in [2.45, 2.75) is 6.42 Å². The summed E-state index contributed by atoms with van der Waals surface area (Å²) in [5.74, 6) is 1.42. The molecule has 1 atom stereocenters. The molecule has 1 aromatic carbocycles. The van der Waals surface area contributed by atoms with E-state index < -0.39 is 0 Å². The fourth-order valence-electron chi connectivity index (χ4n) is 2.25. The minimum Gasteiger partial charge on any atom is -0.493 e. The molecule has 0 radical (unpaired) electrons. The fraction of sp³-hybridized carbons (Fsp3) is 0.267. The molecule has 4 heteroatoms. The molecular weight excluding hydrogens is 242 g/mol. The van der Waals surface area contributed by atoms with Gasteiger partial charge in [0.2, 0.25) is 0 Å². The second-order valence-electron chi connectivity index (χ2n) is 4.68. The average molecular weight is 257 g/mol. The summed E-state index contributed by atoms with van der Waals surface area (Å²) in [5.41, 5.74) is 1.20. The van der Waals surface area contributed by atoms with Crippen LogP contribution in [0.2, 0.25) is 0 Å². The highest BCUT2D eigenvalue weighted by atomic mass is 16.5. The molecule has 0 saturated carbocycles. The van der Waals surface area contributed by atoms with Gasteiger partial charge in [-0.2, -0.15) is 0 Å². The number of rotatable bonds is 3. The van der Waals surface area contributed by atoms with Crippen molar-refractivity contribution >= 4 is 5.91 Å². The summed E-state index contributed by atoms with van der Waals surface area (Å²) >= 11 is 0. The van der Waals surface area contributed by atoms with E-state index in [-0.39, 0.29) is 5.91 Å². The predicted molar refractivity (Wildman–Crippen MR) is 70.2 cm³/mol. The number of carbonyl (C=O) groups excluding carboxylic acids is 1. The van der Waals surface area contributed by atoms with Gasteiger partial charge in [0.25, 0.3) is 5.91 Å². The van der Waals surface area contributed by atoms with E-state index in [0.717, 1.165) is 12.2 Å². The maximum Gasteiger partial charge on any atom is 0.286 e. The summed E-state index contributed by atoms with van der Waals surface area (Å²) in [5, 5.41) is 2.87. The molecule has 19 heavy (non-hydrogen) atoms. The second kappa shape index (κ2) is 5.18. The Morgan fingerprint density at radius 2 is 2.16 bits per heavy atom. The summed E-state index contributed by atoms with van der Waals surface area (Å²) in [7, 11) is 0. The van der Waals surface area contributed by atoms with Crippen molar-refractivity contribution in [3.05, 3.63) is 54.0 Å². The van der Waals surface area contributed by atoms with Gasteiger partial charge in [-0.1, -0.05) is 18.2 Å². The highest BCUT2D eigenvalue weighted by Crippen LogP contribution is 2.26. The minimum atomic E-state index is -0.177. The molecule has 1 amide bonds. The molecule has 4 nitrogen and oxygen atoms in total. The lowest BCUT2D eigenvalue weighted by molar-refractivity contribution is 0.0911. The van der Waals surface area contributed by atoms with Crippen molar-refractivity contribution in [3.63, 3.8) is 0 Å². The molecule has 0 aliphatic carbocycles. The quantitative estimate of drug-likeness (QED) is 0.917. The minimum absolute atomic E-state index is 0.177. The van der Waals surface area contributed by atoms with Crippen LogP contribution in [-0.4, -0.2) is 19.1 Å². The molecule has 0 fully saturated rings. The second-order valence-corrected chi connectivity index (χ2v) is 4.68. The summed E-state index contributed by atoms with van der Waals surface area (Å²) in [6, 6.07) is 11.4. The summed E-state index contributed by atoms with van der Waals surface area (Å²) in [6.45, 7) is 1.23. The van der Waals surface area contributed by atoms with Crippen LogP contribution >= 0.6 is 0 Å². The van der Waals surface area contributed by atoms with E-state index in [9.17, 15) is 4.79 Å². The Morgan fingerprint density at radius 1 is 1.26 bits per heavy atom. The molecule has 0 spiro atoms. The lowest BCUT2D eigenvalue weighted by Crippen LogP contribution is -2.34. The largest absolute Gasteiger partial charge is 0.493 e. The number of hydrogen-bond donors (Lipinski definition) is 1. The topological polar surface area (TPSA) is 51.5 Å². The van der Waals surface area contributed by atoms with Crippen LogP contribution in [0.1, 0.15) is 16.1 Å². The van der Waals surface area contributed by atoms with Crippen molar-refractivity contribution < 1.29 is 13.9 Å². The van der Waals surface area contributed by atoms with Crippen LogP contribution in [0.3, 0.4) is 0 Å². The van der Waals surface area contributed by atoms with Crippen LogP contribution in [0.5, 0.6) is 5.75 Å². The van der Waals surface area contributed by atoms with Crippen molar-refractivity contribution in [2.24, 2.45) is 5.92 Å². The Bertz CT molecular complexity index is 563. The van der Waals surface area contributed by atoms with E-state index >= 15 is 0 Å². The molecule has 1 aromatic heterocycles. The molecule has 2 aromatic rings. The monoisotopic (exact) mass is 257 g/mol. The molecule has 0 bridgehead atoms. The number of furan rings is 1. The smallest absolute Gasteiger partial charge is 0.286 e. The first kappa shape index (κ1) is 11.8. The summed E-state index contributed by atoms with van der Waals surface area (Å²) in [6.07, 6.45) is 2.42. The van der Waals surface area contributed by atoms with Crippen LogP contribution in [-0.2, 0) is 6.42 Å². The molecule has 3 rings (SSSR count). The molecule has 1 unspecified atom stereocenters. The average Bonchev–Trinajstić information content (AvgIpc) is 2.99. The number of nitrogens with one attached hydrogen (secondary N) is 1. The lowest BCUT2D eigenvalue weighted by Gasteiger charge is -2.25.